The summed E-state index contributed by atoms with van der Waals surface area (Å²) in [5, 5.41) is 4.94. The number of halogens is 2. The molecule has 0 fully saturated rings. The van der Waals surface area contributed by atoms with Gasteiger partial charge in [-0.1, -0.05) is 36.7 Å². The maximum atomic E-state index is 12.5. The smallest absolute Gasteiger partial charge is 0.169 e. The molecule has 20 heavy (non-hydrogen) atoms. The predicted molar refractivity (Wildman–Crippen MR) is 84.5 cm³/mol. The number of carbonyl (C=O) groups is 1. The van der Waals surface area contributed by atoms with Gasteiger partial charge in [0.25, 0.3) is 0 Å². The Labute approximate surface area is 132 Å². The summed E-state index contributed by atoms with van der Waals surface area (Å²) < 4.78 is 2.54. The fraction of sp³-hybridized carbons (Fsp3) is 0.333. The molecule has 0 atom stereocenters. The topological polar surface area (TPSA) is 34.9 Å². The van der Waals surface area contributed by atoms with Crippen LogP contribution in [0.5, 0.6) is 0 Å². The van der Waals surface area contributed by atoms with Crippen molar-refractivity contribution in [1.82, 2.24) is 9.78 Å². The van der Waals surface area contributed by atoms with Crippen LogP contribution in [-0.2, 0) is 19.9 Å². The minimum atomic E-state index is 0.0353. The minimum Gasteiger partial charge on any atom is -0.294 e. The van der Waals surface area contributed by atoms with E-state index in [4.69, 9.17) is 11.6 Å². The summed E-state index contributed by atoms with van der Waals surface area (Å²) in [4.78, 5) is 12.5. The van der Waals surface area contributed by atoms with Gasteiger partial charge in [0.15, 0.2) is 5.78 Å². The van der Waals surface area contributed by atoms with Crippen molar-refractivity contribution in [2.75, 3.05) is 0 Å². The number of ketones is 1. The quantitative estimate of drug-likeness (QED) is 0.773. The van der Waals surface area contributed by atoms with Crippen molar-refractivity contribution in [1.29, 1.82) is 0 Å². The molecule has 0 saturated carbocycles. The van der Waals surface area contributed by atoms with Crippen molar-refractivity contribution < 1.29 is 4.79 Å². The Hall–Kier alpha value is -1.13. The Morgan fingerprint density at radius 2 is 2.15 bits per heavy atom. The highest BCUT2D eigenvalue weighted by Crippen LogP contribution is 2.25. The summed E-state index contributed by atoms with van der Waals surface area (Å²) in [5.74, 6) is 0.0353. The van der Waals surface area contributed by atoms with Gasteiger partial charge in [-0.25, -0.2) is 0 Å². The highest BCUT2D eigenvalue weighted by atomic mass is 79.9. The summed E-state index contributed by atoms with van der Waals surface area (Å²) in [7, 11) is 1.82. The van der Waals surface area contributed by atoms with Gasteiger partial charge in [0.05, 0.1) is 22.8 Å². The van der Waals surface area contributed by atoms with Gasteiger partial charge in [-0.3, -0.25) is 9.48 Å². The highest BCUT2D eigenvalue weighted by molar-refractivity contribution is 9.10. The maximum absolute atomic E-state index is 12.5. The van der Waals surface area contributed by atoms with Gasteiger partial charge in [-0.2, -0.15) is 5.10 Å². The maximum Gasteiger partial charge on any atom is 0.169 e. The van der Waals surface area contributed by atoms with E-state index in [1.807, 2.05) is 39.1 Å². The number of aromatic nitrogens is 2. The molecule has 1 aromatic carbocycles. The third-order valence-corrected chi connectivity index (χ3v) is 4.81. The number of aryl methyl sites for hydroxylation is 3. The Morgan fingerprint density at radius 1 is 1.45 bits per heavy atom. The zero-order valence-corrected chi connectivity index (χ0v) is 14.0. The molecule has 106 valence electrons. The van der Waals surface area contributed by atoms with Gasteiger partial charge in [-0.15, -0.1) is 0 Å². The standard InChI is InChI=1S/C15H16BrClN2O/c1-4-11-15(17)12(19(3)18-11)8-13(20)10-7-5-6-9(2)14(10)16/h5-7H,4,8H2,1-3H3. The van der Waals surface area contributed by atoms with E-state index in [1.54, 1.807) is 4.68 Å². The van der Waals surface area contributed by atoms with Gasteiger partial charge in [-0.05, 0) is 34.8 Å². The van der Waals surface area contributed by atoms with E-state index >= 15 is 0 Å². The van der Waals surface area contributed by atoms with Gasteiger partial charge in [0, 0.05) is 17.1 Å². The third kappa shape index (κ3) is 2.81. The van der Waals surface area contributed by atoms with E-state index in [0.717, 1.165) is 27.8 Å². The number of nitrogens with zero attached hydrogens (tertiary/aromatic N) is 2. The molecule has 1 aromatic heterocycles. The second-order valence-corrected chi connectivity index (χ2v) is 5.89. The summed E-state index contributed by atoms with van der Waals surface area (Å²) in [6, 6.07) is 5.67. The second-order valence-electron chi connectivity index (χ2n) is 4.72. The lowest BCUT2D eigenvalue weighted by Crippen LogP contribution is -2.09. The molecule has 1 heterocycles. The van der Waals surface area contributed by atoms with Crippen molar-refractivity contribution in [3.05, 3.63) is 50.2 Å². The van der Waals surface area contributed by atoms with Crippen LogP contribution < -0.4 is 0 Å². The molecule has 0 unspecified atom stereocenters. The van der Waals surface area contributed by atoms with Crippen molar-refractivity contribution in [3.63, 3.8) is 0 Å². The van der Waals surface area contributed by atoms with Crippen molar-refractivity contribution in [2.45, 2.75) is 26.7 Å². The summed E-state index contributed by atoms with van der Waals surface area (Å²) >= 11 is 9.76. The van der Waals surface area contributed by atoms with Crippen LogP contribution in [0.4, 0.5) is 0 Å². The third-order valence-electron chi connectivity index (χ3n) is 3.32. The predicted octanol–water partition coefficient (Wildman–Crippen LogP) is 4.13. The Kier molecular flexibility index (Phi) is 4.66. The molecule has 0 aliphatic rings. The number of hydrogen-bond acceptors (Lipinski definition) is 2. The summed E-state index contributed by atoms with van der Waals surface area (Å²) in [6.45, 7) is 3.96. The van der Waals surface area contributed by atoms with E-state index in [1.165, 1.54) is 0 Å². The molecule has 0 saturated heterocycles. The van der Waals surface area contributed by atoms with Crippen LogP contribution in [0.2, 0.25) is 5.02 Å². The van der Waals surface area contributed by atoms with Crippen molar-refractivity contribution in [2.24, 2.45) is 7.05 Å². The first kappa shape index (κ1) is 15.3. The molecule has 0 N–H and O–H groups in total. The Morgan fingerprint density at radius 3 is 2.75 bits per heavy atom. The average molecular weight is 356 g/mol. The molecule has 3 nitrogen and oxygen atoms in total. The molecule has 0 aliphatic heterocycles. The van der Waals surface area contributed by atoms with Crippen molar-refractivity contribution in [3.8, 4) is 0 Å². The fourth-order valence-corrected chi connectivity index (χ4v) is 2.97. The zero-order valence-electron chi connectivity index (χ0n) is 11.7. The van der Waals surface area contributed by atoms with Crippen LogP contribution in [0, 0.1) is 6.92 Å². The first-order valence-electron chi connectivity index (χ1n) is 6.44. The largest absolute Gasteiger partial charge is 0.294 e. The summed E-state index contributed by atoms with van der Waals surface area (Å²) in [6.07, 6.45) is 1.01. The first-order valence-corrected chi connectivity index (χ1v) is 7.61. The van der Waals surface area contributed by atoms with Gasteiger partial charge in [0.1, 0.15) is 0 Å². The van der Waals surface area contributed by atoms with E-state index in [9.17, 15) is 4.79 Å². The second kappa shape index (κ2) is 6.10. The van der Waals surface area contributed by atoms with Crippen LogP contribution in [0.15, 0.2) is 22.7 Å². The lowest BCUT2D eigenvalue weighted by atomic mass is 10.0. The molecule has 0 amide bonds. The Bertz CT molecular complexity index is 664. The SMILES string of the molecule is CCc1nn(C)c(CC(=O)c2cccc(C)c2Br)c1Cl. The average Bonchev–Trinajstić information content (AvgIpc) is 2.69. The van der Waals surface area contributed by atoms with Gasteiger partial charge >= 0.3 is 0 Å². The molecule has 2 aromatic rings. The number of hydrogen-bond donors (Lipinski definition) is 0. The van der Waals surface area contributed by atoms with Gasteiger partial charge in [0.2, 0.25) is 0 Å². The van der Waals surface area contributed by atoms with E-state index in [0.29, 0.717) is 10.6 Å². The Balaban J connectivity index is 2.33. The van der Waals surface area contributed by atoms with Crippen LogP contribution in [0.3, 0.4) is 0 Å². The molecular weight excluding hydrogens is 340 g/mol. The van der Waals surface area contributed by atoms with Crippen LogP contribution >= 0.6 is 27.5 Å². The van der Waals surface area contributed by atoms with Crippen molar-refractivity contribution >= 4 is 33.3 Å². The molecule has 5 heteroatoms. The number of Topliss-reactive ketones (excluding diaryl/α,β-unsaturated/α-hetero) is 1. The molecule has 0 aliphatic carbocycles. The highest BCUT2D eigenvalue weighted by Gasteiger charge is 2.18. The lowest BCUT2D eigenvalue weighted by molar-refractivity contribution is 0.0990. The van der Waals surface area contributed by atoms with Crippen LogP contribution in [0.25, 0.3) is 0 Å². The number of benzene rings is 1. The molecule has 0 radical (unpaired) electrons. The number of carbonyl (C=O) groups excluding carboxylic acids is 1. The molecule has 2 rings (SSSR count). The fourth-order valence-electron chi connectivity index (χ4n) is 2.12. The normalized spacial score (nSPS) is 10.8. The molecule has 0 bridgehead atoms. The van der Waals surface area contributed by atoms with E-state index in [2.05, 4.69) is 21.0 Å². The van der Waals surface area contributed by atoms with E-state index < -0.39 is 0 Å². The molecular formula is C15H16BrClN2O. The molecule has 0 spiro atoms. The minimum absolute atomic E-state index is 0.0353. The zero-order chi connectivity index (χ0) is 14.9. The monoisotopic (exact) mass is 354 g/mol. The number of rotatable bonds is 4. The van der Waals surface area contributed by atoms with E-state index in [-0.39, 0.29) is 12.2 Å². The lowest BCUT2D eigenvalue weighted by Gasteiger charge is -2.07. The van der Waals surface area contributed by atoms with Gasteiger partial charge < -0.3 is 0 Å². The van der Waals surface area contributed by atoms with Crippen LogP contribution in [-0.4, -0.2) is 15.6 Å². The first-order chi connectivity index (χ1) is 9.45. The van der Waals surface area contributed by atoms with Crippen LogP contribution in [0.1, 0.15) is 34.2 Å². The summed E-state index contributed by atoms with van der Waals surface area (Å²) in [5.41, 5.74) is 3.32.